The number of hydrogen-bond donors (Lipinski definition) is 1. The zero-order valence-electron chi connectivity index (χ0n) is 7.89. The first-order valence-corrected chi connectivity index (χ1v) is 5.30. The van der Waals surface area contributed by atoms with Crippen LogP contribution in [-0.4, -0.2) is 19.1 Å². The fourth-order valence-electron chi connectivity index (χ4n) is 1.06. The van der Waals surface area contributed by atoms with Gasteiger partial charge in [0.1, 0.15) is 0 Å². The molecule has 0 aromatic carbocycles. The summed E-state index contributed by atoms with van der Waals surface area (Å²) in [6.45, 7) is 0. The number of aromatic nitrogens is 4. The van der Waals surface area contributed by atoms with E-state index in [1.54, 1.807) is 18.0 Å². The van der Waals surface area contributed by atoms with Gasteiger partial charge in [0.2, 0.25) is 0 Å². The summed E-state index contributed by atoms with van der Waals surface area (Å²) in [5.41, 5.74) is 0. The molecule has 0 radical (unpaired) electrons. The summed E-state index contributed by atoms with van der Waals surface area (Å²) in [6, 6.07) is 0. The predicted molar refractivity (Wildman–Crippen MR) is 57.9 cm³/mol. The van der Waals surface area contributed by atoms with Gasteiger partial charge < -0.3 is 14.1 Å². The fourth-order valence-corrected chi connectivity index (χ4v) is 2.16. The molecular formula is C8H10N4S2. The minimum Gasteiger partial charge on any atom is -0.329 e. The summed E-state index contributed by atoms with van der Waals surface area (Å²) in [5.74, 6) is 0. The Morgan fingerprint density at radius 3 is 2.71 bits per heavy atom. The van der Waals surface area contributed by atoms with Crippen LogP contribution in [-0.2, 0) is 14.1 Å². The van der Waals surface area contributed by atoms with Crippen molar-refractivity contribution in [3.8, 4) is 0 Å². The number of hydrogen-bond acceptors (Lipinski definition) is 3. The van der Waals surface area contributed by atoms with Crippen LogP contribution in [0.3, 0.4) is 0 Å². The lowest BCUT2D eigenvalue weighted by Crippen LogP contribution is -1.88. The summed E-state index contributed by atoms with van der Waals surface area (Å²) in [6.07, 6.45) is 5.65. The van der Waals surface area contributed by atoms with E-state index in [4.69, 9.17) is 12.2 Å². The molecule has 0 bridgehead atoms. The van der Waals surface area contributed by atoms with Gasteiger partial charge in [0, 0.05) is 32.7 Å². The highest BCUT2D eigenvalue weighted by Crippen LogP contribution is 2.23. The normalized spacial score (nSPS) is 10.7. The number of rotatable bonds is 2. The highest BCUT2D eigenvalue weighted by Gasteiger charge is 2.04. The molecule has 0 fully saturated rings. The first-order valence-electron chi connectivity index (χ1n) is 4.07. The van der Waals surface area contributed by atoms with E-state index in [1.807, 2.05) is 35.6 Å². The van der Waals surface area contributed by atoms with Crippen LogP contribution in [0.5, 0.6) is 0 Å². The van der Waals surface area contributed by atoms with Gasteiger partial charge in [-0.25, -0.2) is 4.98 Å². The molecule has 74 valence electrons. The molecular weight excluding hydrogens is 216 g/mol. The second kappa shape index (κ2) is 3.62. The van der Waals surface area contributed by atoms with Gasteiger partial charge >= 0.3 is 0 Å². The van der Waals surface area contributed by atoms with E-state index in [0.29, 0.717) is 0 Å². The van der Waals surface area contributed by atoms with Gasteiger partial charge in [0.15, 0.2) is 9.93 Å². The summed E-state index contributed by atoms with van der Waals surface area (Å²) in [4.78, 5) is 7.31. The van der Waals surface area contributed by atoms with Crippen molar-refractivity contribution in [2.24, 2.45) is 14.1 Å². The summed E-state index contributed by atoms with van der Waals surface area (Å²) < 4.78 is 4.57. The maximum atomic E-state index is 5.07. The second-order valence-corrected chi connectivity index (χ2v) is 4.35. The van der Waals surface area contributed by atoms with Crippen molar-refractivity contribution in [2.45, 2.75) is 10.2 Å². The van der Waals surface area contributed by atoms with Gasteiger partial charge in [0.05, 0.1) is 5.03 Å². The molecule has 0 amide bonds. The average molecular weight is 226 g/mol. The Morgan fingerprint density at radius 1 is 1.43 bits per heavy atom. The third-order valence-corrected chi connectivity index (χ3v) is 3.23. The van der Waals surface area contributed by atoms with E-state index in [1.165, 1.54) is 0 Å². The van der Waals surface area contributed by atoms with E-state index in [0.717, 1.165) is 15.0 Å². The zero-order valence-corrected chi connectivity index (χ0v) is 9.52. The Labute approximate surface area is 91.0 Å². The van der Waals surface area contributed by atoms with Gasteiger partial charge in [-0.15, -0.1) is 0 Å². The monoisotopic (exact) mass is 226 g/mol. The third-order valence-electron chi connectivity index (χ3n) is 1.84. The molecule has 1 N–H and O–H groups in total. The predicted octanol–water partition coefficient (Wildman–Crippen LogP) is 1.97. The van der Waals surface area contributed by atoms with Crippen LogP contribution in [0.2, 0.25) is 0 Å². The van der Waals surface area contributed by atoms with Crippen LogP contribution in [0.1, 0.15) is 0 Å². The highest BCUT2D eigenvalue weighted by atomic mass is 32.2. The molecule has 0 saturated carbocycles. The van der Waals surface area contributed by atoms with Gasteiger partial charge in [0.25, 0.3) is 0 Å². The topological polar surface area (TPSA) is 38.5 Å². The minimum atomic E-state index is 0.724. The Morgan fingerprint density at radius 2 is 2.21 bits per heavy atom. The van der Waals surface area contributed by atoms with Crippen LogP contribution >= 0.6 is 24.0 Å². The smallest absolute Gasteiger partial charge is 0.177 e. The van der Waals surface area contributed by atoms with E-state index < -0.39 is 0 Å². The highest BCUT2D eigenvalue weighted by molar-refractivity contribution is 7.99. The van der Waals surface area contributed by atoms with Crippen molar-refractivity contribution in [2.75, 3.05) is 0 Å². The van der Waals surface area contributed by atoms with E-state index in [2.05, 4.69) is 9.97 Å². The largest absolute Gasteiger partial charge is 0.329 e. The first-order chi connectivity index (χ1) is 6.66. The summed E-state index contributed by atoms with van der Waals surface area (Å²) in [5, 5.41) is 1.95. The van der Waals surface area contributed by atoms with Crippen molar-refractivity contribution in [3.05, 3.63) is 23.4 Å². The number of aryl methyl sites for hydroxylation is 2. The van der Waals surface area contributed by atoms with Gasteiger partial charge in [-0.1, -0.05) is 0 Å². The Balaban J connectivity index is 2.27. The lowest BCUT2D eigenvalue weighted by Gasteiger charge is -1.97. The lowest BCUT2D eigenvalue weighted by atomic mass is 10.9. The van der Waals surface area contributed by atoms with E-state index in [9.17, 15) is 0 Å². The molecule has 4 nitrogen and oxygen atoms in total. The zero-order chi connectivity index (χ0) is 10.1. The van der Waals surface area contributed by atoms with Gasteiger partial charge in [-0.05, 0) is 24.0 Å². The van der Waals surface area contributed by atoms with Crippen LogP contribution in [0, 0.1) is 4.77 Å². The van der Waals surface area contributed by atoms with E-state index in [-0.39, 0.29) is 0 Å². The maximum absolute atomic E-state index is 5.07. The first kappa shape index (κ1) is 9.54. The number of nitrogens with one attached hydrogen (secondary N) is 1. The van der Waals surface area contributed by atoms with Crippen molar-refractivity contribution in [1.29, 1.82) is 0 Å². The lowest BCUT2D eigenvalue weighted by molar-refractivity contribution is 0.789. The third kappa shape index (κ3) is 1.76. The Bertz CT molecular complexity index is 493. The van der Waals surface area contributed by atoms with Crippen LogP contribution in [0.4, 0.5) is 0 Å². The van der Waals surface area contributed by atoms with Crippen LogP contribution in [0.25, 0.3) is 0 Å². The molecule has 0 unspecified atom stereocenters. The van der Waals surface area contributed by atoms with Crippen LogP contribution in [0.15, 0.2) is 28.8 Å². The second-order valence-electron chi connectivity index (χ2n) is 2.96. The van der Waals surface area contributed by atoms with Crippen molar-refractivity contribution in [3.63, 3.8) is 0 Å². The van der Waals surface area contributed by atoms with Crippen LogP contribution < -0.4 is 0 Å². The van der Waals surface area contributed by atoms with Crippen molar-refractivity contribution < 1.29 is 0 Å². The Kier molecular flexibility index (Phi) is 2.47. The molecule has 2 aromatic heterocycles. The maximum Gasteiger partial charge on any atom is 0.177 e. The quantitative estimate of drug-likeness (QED) is 0.796. The molecule has 0 atom stereocenters. The minimum absolute atomic E-state index is 0.724. The molecule has 0 aliphatic carbocycles. The van der Waals surface area contributed by atoms with Gasteiger partial charge in [-0.2, -0.15) is 0 Å². The Hall–Kier alpha value is -1.01. The summed E-state index contributed by atoms with van der Waals surface area (Å²) >= 11 is 6.63. The molecule has 14 heavy (non-hydrogen) atoms. The average Bonchev–Trinajstić information content (AvgIpc) is 2.63. The molecule has 0 aliphatic heterocycles. The molecule has 6 heteroatoms. The van der Waals surface area contributed by atoms with E-state index >= 15 is 0 Å². The number of imidazole rings is 2. The number of H-pyrrole nitrogens is 1. The standard InChI is InChI=1S/C8H10N4S2/c1-11-4-3-9-8(11)14-6-5-12(2)7(13)10-6/h3-5H,1-2H3,(H,10,13). The van der Waals surface area contributed by atoms with Gasteiger partial charge in [-0.3, -0.25) is 0 Å². The molecule has 2 aromatic rings. The molecule has 0 spiro atoms. The number of aromatic amines is 1. The molecule has 0 aliphatic rings. The molecule has 0 saturated heterocycles. The summed E-state index contributed by atoms with van der Waals surface area (Å²) in [7, 11) is 3.88. The van der Waals surface area contributed by atoms with Crippen molar-refractivity contribution >= 4 is 24.0 Å². The fraction of sp³-hybridized carbons (Fsp3) is 0.250. The SMILES string of the molecule is Cn1ccnc1Sc1cn(C)c(=S)[nH]1. The van der Waals surface area contributed by atoms with Crippen molar-refractivity contribution in [1.82, 2.24) is 19.1 Å². The number of nitrogens with zero attached hydrogens (tertiary/aromatic N) is 3. The molecule has 2 heterocycles. The molecule has 2 rings (SSSR count).